The van der Waals surface area contributed by atoms with Gasteiger partial charge in [0.2, 0.25) is 0 Å². The maximum Gasteiger partial charge on any atom is 0.341 e. The number of carbonyl (C=O) groups is 1. The van der Waals surface area contributed by atoms with Crippen molar-refractivity contribution in [2.75, 3.05) is 6.61 Å². The van der Waals surface area contributed by atoms with E-state index >= 15 is 0 Å². The first-order valence-corrected chi connectivity index (χ1v) is 7.40. The third-order valence-corrected chi connectivity index (χ3v) is 4.73. The summed E-state index contributed by atoms with van der Waals surface area (Å²) < 4.78 is 30.0. The van der Waals surface area contributed by atoms with Crippen molar-refractivity contribution in [2.45, 2.75) is 31.8 Å². The van der Waals surface area contributed by atoms with Crippen molar-refractivity contribution in [1.29, 1.82) is 0 Å². The van der Waals surface area contributed by atoms with Crippen LogP contribution in [0.25, 0.3) is 0 Å². The standard InChI is InChI=1S/C11H18N2O4S/c1-5-17-11(14)9-6-12-13(4)10(9)7-18(15,16)8(2)3/h6,8H,5,7H2,1-4H3. The van der Waals surface area contributed by atoms with E-state index < -0.39 is 21.1 Å². The van der Waals surface area contributed by atoms with E-state index in [-0.39, 0.29) is 17.9 Å². The van der Waals surface area contributed by atoms with Gasteiger partial charge >= 0.3 is 5.97 Å². The second-order valence-electron chi connectivity index (χ2n) is 4.20. The summed E-state index contributed by atoms with van der Waals surface area (Å²) in [6.45, 7) is 5.15. The Morgan fingerprint density at radius 1 is 1.50 bits per heavy atom. The Hall–Kier alpha value is -1.37. The molecule has 0 saturated heterocycles. The van der Waals surface area contributed by atoms with E-state index in [1.807, 2.05) is 0 Å². The summed E-state index contributed by atoms with van der Waals surface area (Å²) in [4.78, 5) is 11.7. The molecule has 7 heteroatoms. The monoisotopic (exact) mass is 274 g/mol. The molecule has 18 heavy (non-hydrogen) atoms. The highest BCUT2D eigenvalue weighted by atomic mass is 32.2. The van der Waals surface area contributed by atoms with Crippen LogP contribution in [0.4, 0.5) is 0 Å². The smallest absolute Gasteiger partial charge is 0.341 e. The molecular formula is C11H18N2O4S. The Bertz CT molecular complexity index is 531. The lowest BCUT2D eigenvalue weighted by atomic mass is 10.3. The summed E-state index contributed by atoms with van der Waals surface area (Å²) >= 11 is 0. The van der Waals surface area contributed by atoms with Gasteiger partial charge in [0, 0.05) is 7.05 Å². The lowest BCUT2D eigenvalue weighted by Gasteiger charge is -2.09. The van der Waals surface area contributed by atoms with Crippen molar-refractivity contribution in [2.24, 2.45) is 7.05 Å². The molecule has 0 N–H and O–H groups in total. The zero-order chi connectivity index (χ0) is 13.9. The van der Waals surface area contributed by atoms with Crippen LogP contribution in [0.2, 0.25) is 0 Å². The first kappa shape index (κ1) is 14.7. The number of aryl methyl sites for hydroxylation is 1. The number of hydrogen-bond acceptors (Lipinski definition) is 5. The number of hydrogen-bond donors (Lipinski definition) is 0. The van der Waals surface area contributed by atoms with Crippen LogP contribution in [-0.2, 0) is 27.4 Å². The number of sulfone groups is 1. The van der Waals surface area contributed by atoms with Gasteiger partial charge in [-0.25, -0.2) is 13.2 Å². The van der Waals surface area contributed by atoms with Gasteiger partial charge in [0.1, 0.15) is 5.56 Å². The molecule has 0 spiro atoms. The summed E-state index contributed by atoms with van der Waals surface area (Å²) in [6, 6.07) is 0. The highest BCUT2D eigenvalue weighted by Crippen LogP contribution is 2.15. The van der Waals surface area contributed by atoms with E-state index in [2.05, 4.69) is 5.10 Å². The maximum atomic E-state index is 11.9. The molecule has 0 aliphatic carbocycles. The van der Waals surface area contributed by atoms with Gasteiger partial charge in [-0.2, -0.15) is 5.10 Å². The van der Waals surface area contributed by atoms with Crippen LogP contribution in [0, 0.1) is 0 Å². The van der Waals surface area contributed by atoms with Gasteiger partial charge in [-0.05, 0) is 20.8 Å². The molecule has 0 fully saturated rings. The topological polar surface area (TPSA) is 78.3 Å². The molecular weight excluding hydrogens is 256 g/mol. The molecule has 1 aromatic heterocycles. The molecule has 0 atom stereocenters. The summed E-state index contributed by atoms with van der Waals surface area (Å²) in [6.07, 6.45) is 1.34. The average Bonchev–Trinajstić information content (AvgIpc) is 2.60. The van der Waals surface area contributed by atoms with Crippen LogP contribution < -0.4 is 0 Å². The van der Waals surface area contributed by atoms with Gasteiger partial charge in [0.05, 0.1) is 29.5 Å². The Morgan fingerprint density at radius 2 is 2.11 bits per heavy atom. The van der Waals surface area contributed by atoms with Crippen LogP contribution in [0.5, 0.6) is 0 Å². The lowest BCUT2D eigenvalue weighted by molar-refractivity contribution is 0.0525. The number of aromatic nitrogens is 2. The van der Waals surface area contributed by atoms with Crippen molar-refractivity contribution < 1.29 is 17.9 Å². The van der Waals surface area contributed by atoms with Crippen molar-refractivity contribution in [1.82, 2.24) is 9.78 Å². The molecule has 1 rings (SSSR count). The quantitative estimate of drug-likeness (QED) is 0.746. The predicted molar refractivity (Wildman–Crippen MR) is 66.9 cm³/mol. The minimum atomic E-state index is -3.28. The van der Waals surface area contributed by atoms with Crippen molar-refractivity contribution in [3.8, 4) is 0 Å². The van der Waals surface area contributed by atoms with E-state index in [9.17, 15) is 13.2 Å². The molecule has 0 unspecified atom stereocenters. The Balaban J connectivity index is 3.10. The first-order chi connectivity index (χ1) is 8.29. The van der Waals surface area contributed by atoms with Crippen molar-refractivity contribution >= 4 is 15.8 Å². The molecule has 6 nitrogen and oxygen atoms in total. The number of esters is 1. The zero-order valence-electron chi connectivity index (χ0n) is 11.0. The zero-order valence-corrected chi connectivity index (χ0v) is 11.8. The summed E-state index contributed by atoms with van der Waals surface area (Å²) in [5.74, 6) is -0.755. The van der Waals surface area contributed by atoms with Gasteiger partial charge in [0.25, 0.3) is 0 Å². The van der Waals surface area contributed by atoms with Crippen LogP contribution in [0.15, 0.2) is 6.20 Å². The summed E-state index contributed by atoms with van der Waals surface area (Å²) in [5.41, 5.74) is 0.575. The fraction of sp³-hybridized carbons (Fsp3) is 0.636. The van der Waals surface area contributed by atoms with Gasteiger partial charge < -0.3 is 4.74 Å². The predicted octanol–water partition coefficient (Wildman–Crippen LogP) is 0.920. The van der Waals surface area contributed by atoms with Crippen LogP contribution in [0.3, 0.4) is 0 Å². The molecule has 1 aromatic rings. The third kappa shape index (κ3) is 3.10. The third-order valence-electron chi connectivity index (χ3n) is 2.61. The van der Waals surface area contributed by atoms with Crippen LogP contribution >= 0.6 is 0 Å². The summed E-state index contributed by atoms with van der Waals surface area (Å²) in [5, 5.41) is 3.42. The highest BCUT2D eigenvalue weighted by Gasteiger charge is 2.24. The fourth-order valence-electron chi connectivity index (χ4n) is 1.37. The van der Waals surface area contributed by atoms with Gasteiger partial charge in [0.15, 0.2) is 9.84 Å². The molecule has 0 amide bonds. The van der Waals surface area contributed by atoms with E-state index in [0.29, 0.717) is 5.69 Å². The minimum absolute atomic E-state index is 0.212. The SMILES string of the molecule is CCOC(=O)c1cnn(C)c1CS(=O)(=O)C(C)C. The molecule has 0 saturated carbocycles. The van der Waals surface area contributed by atoms with Crippen LogP contribution in [-0.4, -0.2) is 36.0 Å². The maximum absolute atomic E-state index is 11.9. The van der Waals surface area contributed by atoms with E-state index in [4.69, 9.17) is 4.74 Å². The van der Waals surface area contributed by atoms with Crippen LogP contribution in [0.1, 0.15) is 36.8 Å². The van der Waals surface area contributed by atoms with Crippen molar-refractivity contribution in [3.63, 3.8) is 0 Å². The minimum Gasteiger partial charge on any atom is -0.462 e. The molecule has 0 aromatic carbocycles. The number of rotatable bonds is 5. The summed E-state index contributed by atoms with van der Waals surface area (Å²) in [7, 11) is -1.68. The van der Waals surface area contributed by atoms with Gasteiger partial charge in [-0.3, -0.25) is 4.68 Å². The number of nitrogens with zero attached hydrogens (tertiary/aromatic N) is 2. The van der Waals surface area contributed by atoms with Gasteiger partial charge in [-0.1, -0.05) is 0 Å². The van der Waals surface area contributed by atoms with Gasteiger partial charge in [-0.15, -0.1) is 0 Å². The van der Waals surface area contributed by atoms with E-state index in [0.717, 1.165) is 0 Å². The molecule has 0 aliphatic rings. The lowest BCUT2D eigenvalue weighted by Crippen LogP contribution is -2.20. The Kier molecular flexibility index (Phi) is 4.50. The van der Waals surface area contributed by atoms with Crippen molar-refractivity contribution in [3.05, 3.63) is 17.5 Å². The number of ether oxygens (including phenoxy) is 1. The molecule has 102 valence electrons. The Morgan fingerprint density at radius 3 is 2.61 bits per heavy atom. The first-order valence-electron chi connectivity index (χ1n) is 5.69. The van der Waals surface area contributed by atoms with E-state index in [1.54, 1.807) is 27.8 Å². The molecule has 0 bridgehead atoms. The number of carbonyl (C=O) groups excluding carboxylic acids is 1. The highest BCUT2D eigenvalue weighted by molar-refractivity contribution is 7.91. The molecule has 1 heterocycles. The largest absolute Gasteiger partial charge is 0.462 e. The van der Waals surface area contributed by atoms with E-state index in [1.165, 1.54) is 10.9 Å². The Labute approximate surface area is 107 Å². The normalized spacial score (nSPS) is 11.8. The second kappa shape index (κ2) is 5.51. The fourth-order valence-corrected chi connectivity index (χ4v) is 2.43. The average molecular weight is 274 g/mol. The molecule has 0 aliphatic heterocycles. The molecule has 0 radical (unpaired) electrons. The second-order valence-corrected chi connectivity index (χ2v) is 6.76.